The van der Waals surface area contributed by atoms with E-state index in [9.17, 15) is 9.59 Å². The Labute approximate surface area is 200 Å². The number of hydrogen-bond acceptors (Lipinski definition) is 3. The number of methoxy groups -OCH3 is 1. The number of ether oxygens (including phenoxy) is 1. The average molecular weight is 458 g/mol. The Bertz CT molecular complexity index is 1100. The summed E-state index contributed by atoms with van der Waals surface area (Å²) in [6, 6.07) is 28.4. The molecule has 3 aromatic rings. The number of anilines is 1. The number of imide groups is 1. The Balaban J connectivity index is 1.31. The zero-order valence-electron chi connectivity index (χ0n) is 19.4. The first kappa shape index (κ1) is 22.3. The van der Waals surface area contributed by atoms with Gasteiger partial charge in [-0.05, 0) is 12.1 Å². The molecule has 2 heterocycles. The molecule has 3 aromatic carbocycles. The van der Waals surface area contributed by atoms with Gasteiger partial charge < -0.3 is 14.5 Å². The topological polar surface area (TPSA) is 55.5 Å². The van der Waals surface area contributed by atoms with Gasteiger partial charge in [0.2, 0.25) is 5.91 Å². The van der Waals surface area contributed by atoms with Crippen LogP contribution in [-0.4, -0.2) is 51.1 Å². The van der Waals surface area contributed by atoms with Crippen LogP contribution in [0, 0.1) is 0 Å². The molecule has 0 spiro atoms. The van der Waals surface area contributed by atoms with Crippen molar-refractivity contribution in [2.75, 3.05) is 38.2 Å². The Kier molecular flexibility index (Phi) is 6.43. The highest BCUT2D eigenvalue weighted by Gasteiger charge is 2.47. The number of benzene rings is 3. The van der Waals surface area contributed by atoms with Gasteiger partial charge in [0.25, 0.3) is 5.91 Å². The molecule has 2 amide bonds. The molecule has 0 bridgehead atoms. The van der Waals surface area contributed by atoms with Crippen molar-refractivity contribution < 1.29 is 24.1 Å². The fourth-order valence-corrected chi connectivity index (χ4v) is 5.46. The first-order chi connectivity index (χ1) is 16.7. The van der Waals surface area contributed by atoms with E-state index in [1.54, 1.807) is 19.2 Å². The third-order valence-electron chi connectivity index (χ3n) is 7.16. The van der Waals surface area contributed by atoms with Gasteiger partial charge in [0.1, 0.15) is 38.0 Å². The molecule has 1 atom stereocenters. The van der Waals surface area contributed by atoms with E-state index in [1.807, 2.05) is 12.1 Å². The normalized spacial score (nSPS) is 22.9. The highest BCUT2D eigenvalue weighted by Crippen LogP contribution is 2.26. The zero-order chi connectivity index (χ0) is 23.5. The number of carbonyl (C=O) groups is 2. The molecular weight excluding hydrogens is 426 g/mol. The van der Waals surface area contributed by atoms with Crippen LogP contribution in [0.4, 0.5) is 5.69 Å². The van der Waals surface area contributed by atoms with E-state index < -0.39 is 0 Å². The number of rotatable bonds is 6. The standard InChI is InChI=1S/C28H29N3O3/c1-34-24-14-8-13-23(19-24)31-26(32)20-25(28(31)33)29-15-17-30(18-16-29)27(21-9-4-2-5-10-21)22-11-6-3-7-12-22/h2-14,19,25,27H,15-18,20H2,1H3/p+2/t25-/m0/s1. The molecule has 34 heavy (non-hydrogen) atoms. The van der Waals surface area contributed by atoms with E-state index in [0.717, 1.165) is 26.2 Å². The van der Waals surface area contributed by atoms with E-state index in [4.69, 9.17) is 4.74 Å². The first-order valence-electron chi connectivity index (χ1n) is 12.0. The molecule has 0 unspecified atom stereocenters. The van der Waals surface area contributed by atoms with E-state index in [-0.39, 0.29) is 30.3 Å². The van der Waals surface area contributed by atoms with Crippen molar-refractivity contribution in [3.05, 3.63) is 96.1 Å². The Hall–Kier alpha value is -3.48. The molecule has 2 aliphatic rings. The monoisotopic (exact) mass is 457 g/mol. The molecule has 0 radical (unpaired) electrons. The van der Waals surface area contributed by atoms with Crippen LogP contribution in [0.25, 0.3) is 0 Å². The van der Waals surface area contributed by atoms with Gasteiger partial charge in [0.05, 0.1) is 19.2 Å². The number of carbonyl (C=O) groups excluding carboxylic acids is 2. The van der Waals surface area contributed by atoms with Crippen LogP contribution < -0.4 is 19.4 Å². The minimum absolute atomic E-state index is 0.0978. The van der Waals surface area contributed by atoms with Crippen molar-refractivity contribution in [3.8, 4) is 5.75 Å². The van der Waals surface area contributed by atoms with E-state index in [2.05, 4.69) is 60.7 Å². The number of piperazine rings is 1. The van der Waals surface area contributed by atoms with Gasteiger partial charge >= 0.3 is 0 Å². The van der Waals surface area contributed by atoms with Crippen LogP contribution in [0.1, 0.15) is 23.6 Å². The molecule has 2 aliphatic heterocycles. The fourth-order valence-electron chi connectivity index (χ4n) is 5.46. The largest absolute Gasteiger partial charge is 0.497 e. The molecule has 2 saturated heterocycles. The predicted molar refractivity (Wildman–Crippen MR) is 130 cm³/mol. The number of hydrogen-bond donors (Lipinski definition) is 2. The number of amides is 2. The van der Waals surface area contributed by atoms with Crippen molar-refractivity contribution in [1.82, 2.24) is 0 Å². The van der Waals surface area contributed by atoms with Crippen molar-refractivity contribution in [2.45, 2.75) is 18.5 Å². The minimum Gasteiger partial charge on any atom is -0.497 e. The molecule has 6 nitrogen and oxygen atoms in total. The molecule has 0 aliphatic carbocycles. The maximum Gasteiger partial charge on any atom is 0.292 e. The van der Waals surface area contributed by atoms with Crippen LogP contribution in [0.2, 0.25) is 0 Å². The second kappa shape index (κ2) is 9.79. The minimum atomic E-state index is -0.313. The number of nitrogens with one attached hydrogen (secondary N) is 2. The molecule has 6 heteroatoms. The second-order valence-corrected chi connectivity index (χ2v) is 9.10. The summed E-state index contributed by atoms with van der Waals surface area (Å²) in [6.45, 7) is 3.62. The maximum absolute atomic E-state index is 13.3. The van der Waals surface area contributed by atoms with Crippen molar-refractivity contribution >= 4 is 17.5 Å². The summed E-state index contributed by atoms with van der Waals surface area (Å²) in [4.78, 5) is 30.2. The lowest BCUT2D eigenvalue weighted by molar-refractivity contribution is -1.03. The molecule has 2 N–H and O–H groups in total. The van der Waals surface area contributed by atoms with Gasteiger partial charge in [-0.3, -0.25) is 9.59 Å². The summed E-state index contributed by atoms with van der Waals surface area (Å²) in [5.41, 5.74) is 3.21. The summed E-state index contributed by atoms with van der Waals surface area (Å²) in [7, 11) is 1.58. The summed E-state index contributed by atoms with van der Waals surface area (Å²) in [5, 5.41) is 0. The maximum atomic E-state index is 13.3. The lowest BCUT2D eigenvalue weighted by Gasteiger charge is -2.36. The van der Waals surface area contributed by atoms with Crippen molar-refractivity contribution in [2.24, 2.45) is 0 Å². The van der Waals surface area contributed by atoms with Gasteiger partial charge in [-0.1, -0.05) is 66.7 Å². The molecular formula is C28H31N3O3+2. The van der Waals surface area contributed by atoms with Gasteiger partial charge in [-0.25, -0.2) is 4.90 Å². The van der Waals surface area contributed by atoms with Gasteiger partial charge in [-0.15, -0.1) is 0 Å². The average Bonchev–Trinajstić information content (AvgIpc) is 3.19. The van der Waals surface area contributed by atoms with Crippen LogP contribution in [0.5, 0.6) is 5.75 Å². The molecule has 174 valence electrons. The van der Waals surface area contributed by atoms with E-state index >= 15 is 0 Å². The van der Waals surface area contributed by atoms with Crippen molar-refractivity contribution in [3.63, 3.8) is 0 Å². The second-order valence-electron chi connectivity index (χ2n) is 9.10. The highest BCUT2D eigenvalue weighted by atomic mass is 16.5. The van der Waals surface area contributed by atoms with Crippen LogP contribution in [-0.2, 0) is 9.59 Å². The van der Waals surface area contributed by atoms with E-state index in [0.29, 0.717) is 11.4 Å². The molecule has 0 saturated carbocycles. The molecule has 0 aromatic heterocycles. The quantitative estimate of drug-likeness (QED) is 0.541. The van der Waals surface area contributed by atoms with Crippen LogP contribution in [0.3, 0.4) is 0 Å². The van der Waals surface area contributed by atoms with Gasteiger partial charge in [0, 0.05) is 17.2 Å². The zero-order valence-corrected chi connectivity index (χ0v) is 19.4. The number of nitrogens with zero attached hydrogens (tertiary/aromatic N) is 1. The Morgan fingerprint density at radius 1 is 0.824 bits per heavy atom. The number of quaternary nitrogens is 2. The smallest absolute Gasteiger partial charge is 0.292 e. The van der Waals surface area contributed by atoms with Crippen LogP contribution in [0.15, 0.2) is 84.9 Å². The third kappa shape index (κ3) is 4.34. The highest BCUT2D eigenvalue weighted by molar-refractivity contribution is 6.21. The lowest BCUT2D eigenvalue weighted by atomic mass is 9.96. The lowest BCUT2D eigenvalue weighted by Crippen LogP contribution is -3.30. The van der Waals surface area contributed by atoms with E-state index in [1.165, 1.54) is 25.8 Å². The third-order valence-corrected chi connectivity index (χ3v) is 7.16. The van der Waals surface area contributed by atoms with Gasteiger partial charge in [-0.2, -0.15) is 0 Å². The Morgan fingerprint density at radius 3 is 2.03 bits per heavy atom. The SMILES string of the molecule is COc1cccc(N2C(=O)C[C@H]([NH+]3CC[NH+](C(c4ccccc4)c4ccccc4)CC3)C2=O)c1. The summed E-state index contributed by atoms with van der Waals surface area (Å²) >= 11 is 0. The summed E-state index contributed by atoms with van der Waals surface area (Å²) in [6.07, 6.45) is 0.265. The Morgan fingerprint density at radius 2 is 1.44 bits per heavy atom. The van der Waals surface area contributed by atoms with Gasteiger partial charge in [0.15, 0.2) is 6.04 Å². The fraction of sp³-hybridized carbons (Fsp3) is 0.286. The molecule has 2 fully saturated rings. The predicted octanol–water partition coefficient (Wildman–Crippen LogP) is 0.900. The molecule has 5 rings (SSSR count). The van der Waals surface area contributed by atoms with Crippen molar-refractivity contribution in [1.29, 1.82) is 0 Å². The summed E-state index contributed by atoms with van der Waals surface area (Å²) < 4.78 is 5.28. The first-order valence-corrected chi connectivity index (χ1v) is 12.0. The summed E-state index contributed by atoms with van der Waals surface area (Å²) in [5.74, 6) is 0.412. The van der Waals surface area contributed by atoms with Crippen LogP contribution >= 0.6 is 0 Å².